The number of hydrogen-bond acceptors (Lipinski definition) is 2. The van der Waals surface area contributed by atoms with E-state index in [4.69, 9.17) is 11.5 Å². The molecule has 0 unspecified atom stereocenters. The van der Waals surface area contributed by atoms with Crippen LogP contribution in [0, 0.1) is 5.92 Å². The van der Waals surface area contributed by atoms with E-state index in [1.807, 2.05) is 0 Å². The minimum Gasteiger partial charge on any atom is -0.368 e. The molecule has 1 amide bonds. The van der Waals surface area contributed by atoms with Crippen molar-refractivity contribution in [2.45, 2.75) is 51.0 Å². The van der Waals surface area contributed by atoms with E-state index in [1.54, 1.807) is 0 Å². The Morgan fingerprint density at radius 3 is 2.46 bits per heavy atom. The third kappa shape index (κ3) is 3.77. The molecule has 0 saturated heterocycles. The van der Waals surface area contributed by atoms with Crippen LogP contribution in [-0.2, 0) is 4.79 Å². The molecule has 0 radical (unpaired) electrons. The highest BCUT2D eigenvalue weighted by Gasteiger charge is 2.16. The molecule has 1 aliphatic rings. The fourth-order valence-corrected chi connectivity index (χ4v) is 2.03. The quantitative estimate of drug-likeness (QED) is 0.688. The van der Waals surface area contributed by atoms with Crippen LogP contribution in [0.3, 0.4) is 0 Å². The van der Waals surface area contributed by atoms with Gasteiger partial charge in [-0.05, 0) is 18.8 Å². The summed E-state index contributed by atoms with van der Waals surface area (Å²) in [6.45, 7) is 0. The first-order valence-electron chi connectivity index (χ1n) is 5.25. The van der Waals surface area contributed by atoms with Gasteiger partial charge in [0.2, 0.25) is 5.91 Å². The summed E-state index contributed by atoms with van der Waals surface area (Å²) in [6, 6.07) is -0.429. The van der Waals surface area contributed by atoms with Gasteiger partial charge in [-0.2, -0.15) is 0 Å². The summed E-state index contributed by atoms with van der Waals surface area (Å²) in [7, 11) is 0. The standard InChI is InChI=1S/C10H20N2O/c11-9(10(12)13)7-6-8-4-2-1-3-5-8/h8-9H,1-7,11H2,(H2,12,13)/t9-/m1/s1. The Labute approximate surface area is 79.9 Å². The second-order valence-electron chi connectivity index (χ2n) is 4.09. The van der Waals surface area contributed by atoms with Gasteiger partial charge in [0.05, 0.1) is 6.04 Å². The minimum absolute atomic E-state index is 0.365. The Morgan fingerprint density at radius 2 is 1.92 bits per heavy atom. The van der Waals surface area contributed by atoms with E-state index in [-0.39, 0.29) is 5.91 Å². The first-order valence-corrected chi connectivity index (χ1v) is 5.25. The number of hydrogen-bond donors (Lipinski definition) is 2. The normalized spacial score (nSPS) is 21.3. The van der Waals surface area contributed by atoms with E-state index in [9.17, 15) is 4.79 Å². The van der Waals surface area contributed by atoms with Gasteiger partial charge in [-0.3, -0.25) is 4.79 Å². The molecule has 3 nitrogen and oxygen atoms in total. The number of carbonyl (C=O) groups excluding carboxylic acids is 1. The summed E-state index contributed by atoms with van der Waals surface area (Å²) >= 11 is 0. The summed E-state index contributed by atoms with van der Waals surface area (Å²) in [5, 5.41) is 0. The molecule has 0 aromatic rings. The smallest absolute Gasteiger partial charge is 0.234 e. The monoisotopic (exact) mass is 184 g/mol. The molecule has 1 aliphatic carbocycles. The molecule has 0 heterocycles. The first-order chi connectivity index (χ1) is 6.20. The van der Waals surface area contributed by atoms with Gasteiger partial charge in [0, 0.05) is 0 Å². The van der Waals surface area contributed by atoms with Crippen LogP contribution in [0.1, 0.15) is 44.9 Å². The van der Waals surface area contributed by atoms with Crippen molar-refractivity contribution in [3.8, 4) is 0 Å². The van der Waals surface area contributed by atoms with Crippen molar-refractivity contribution >= 4 is 5.91 Å². The molecule has 0 bridgehead atoms. The zero-order valence-corrected chi connectivity index (χ0v) is 8.17. The van der Waals surface area contributed by atoms with Crippen LogP contribution in [0.5, 0.6) is 0 Å². The Kier molecular flexibility index (Phi) is 4.22. The summed E-state index contributed by atoms with van der Waals surface area (Å²) in [5.41, 5.74) is 10.6. The molecular formula is C10H20N2O. The lowest BCUT2D eigenvalue weighted by Crippen LogP contribution is -2.36. The zero-order chi connectivity index (χ0) is 9.68. The highest BCUT2D eigenvalue weighted by Crippen LogP contribution is 2.27. The third-order valence-corrected chi connectivity index (χ3v) is 2.98. The van der Waals surface area contributed by atoms with Crippen molar-refractivity contribution in [1.29, 1.82) is 0 Å². The molecule has 0 spiro atoms. The molecule has 1 rings (SSSR count). The maximum atomic E-state index is 10.7. The van der Waals surface area contributed by atoms with Gasteiger partial charge in [0.1, 0.15) is 0 Å². The predicted octanol–water partition coefficient (Wildman–Crippen LogP) is 1.16. The van der Waals surface area contributed by atoms with Gasteiger partial charge in [-0.25, -0.2) is 0 Å². The number of amides is 1. The molecule has 1 saturated carbocycles. The Morgan fingerprint density at radius 1 is 1.31 bits per heavy atom. The van der Waals surface area contributed by atoms with Crippen molar-refractivity contribution in [3.05, 3.63) is 0 Å². The van der Waals surface area contributed by atoms with Gasteiger partial charge in [-0.1, -0.05) is 32.1 Å². The number of carbonyl (C=O) groups is 1. The Bertz CT molecular complexity index is 164. The van der Waals surface area contributed by atoms with Crippen molar-refractivity contribution in [3.63, 3.8) is 0 Å². The SMILES string of the molecule is NC(=O)[C@H](N)CCC1CCCCC1. The summed E-state index contributed by atoms with van der Waals surface area (Å²) in [5.74, 6) is 0.426. The maximum Gasteiger partial charge on any atom is 0.234 e. The Hall–Kier alpha value is -0.570. The molecule has 13 heavy (non-hydrogen) atoms. The zero-order valence-electron chi connectivity index (χ0n) is 8.17. The van der Waals surface area contributed by atoms with Crippen LogP contribution in [0.15, 0.2) is 0 Å². The average molecular weight is 184 g/mol. The molecular weight excluding hydrogens is 164 g/mol. The molecule has 0 aliphatic heterocycles. The Balaban J connectivity index is 2.13. The maximum absolute atomic E-state index is 10.7. The van der Waals surface area contributed by atoms with E-state index in [2.05, 4.69) is 0 Å². The van der Waals surface area contributed by atoms with Crippen molar-refractivity contribution in [1.82, 2.24) is 0 Å². The minimum atomic E-state index is -0.429. The fraction of sp³-hybridized carbons (Fsp3) is 0.900. The molecule has 3 heteroatoms. The van der Waals surface area contributed by atoms with Crippen molar-refractivity contribution in [2.24, 2.45) is 17.4 Å². The highest BCUT2D eigenvalue weighted by molar-refractivity contribution is 5.79. The largest absolute Gasteiger partial charge is 0.368 e. The van der Waals surface area contributed by atoms with Crippen LogP contribution >= 0.6 is 0 Å². The van der Waals surface area contributed by atoms with E-state index in [0.717, 1.165) is 18.8 Å². The fourth-order valence-electron chi connectivity index (χ4n) is 2.03. The molecule has 1 fully saturated rings. The van der Waals surface area contributed by atoms with Crippen molar-refractivity contribution in [2.75, 3.05) is 0 Å². The van der Waals surface area contributed by atoms with Gasteiger partial charge >= 0.3 is 0 Å². The van der Waals surface area contributed by atoms with Gasteiger partial charge < -0.3 is 11.5 Å². The lowest BCUT2D eigenvalue weighted by atomic mass is 9.85. The van der Waals surface area contributed by atoms with Gasteiger partial charge in [-0.15, -0.1) is 0 Å². The molecule has 76 valence electrons. The summed E-state index contributed by atoms with van der Waals surface area (Å²) < 4.78 is 0. The molecule has 1 atom stereocenters. The van der Waals surface area contributed by atoms with E-state index >= 15 is 0 Å². The lowest BCUT2D eigenvalue weighted by molar-refractivity contribution is -0.119. The number of primary amides is 1. The van der Waals surface area contributed by atoms with E-state index in [1.165, 1.54) is 32.1 Å². The highest BCUT2D eigenvalue weighted by atomic mass is 16.1. The van der Waals surface area contributed by atoms with Gasteiger partial charge in [0.25, 0.3) is 0 Å². The summed E-state index contributed by atoms with van der Waals surface area (Å²) in [4.78, 5) is 10.7. The summed E-state index contributed by atoms with van der Waals surface area (Å²) in [6.07, 6.45) is 8.52. The third-order valence-electron chi connectivity index (χ3n) is 2.98. The van der Waals surface area contributed by atoms with Crippen LogP contribution in [0.2, 0.25) is 0 Å². The van der Waals surface area contributed by atoms with Crippen LogP contribution < -0.4 is 11.5 Å². The van der Waals surface area contributed by atoms with E-state index in [0.29, 0.717) is 0 Å². The van der Waals surface area contributed by atoms with Crippen molar-refractivity contribution < 1.29 is 4.79 Å². The van der Waals surface area contributed by atoms with Crippen LogP contribution in [0.25, 0.3) is 0 Å². The van der Waals surface area contributed by atoms with E-state index < -0.39 is 6.04 Å². The average Bonchev–Trinajstić information content (AvgIpc) is 2.15. The predicted molar refractivity (Wildman–Crippen MR) is 53.0 cm³/mol. The number of rotatable bonds is 4. The van der Waals surface area contributed by atoms with Gasteiger partial charge in [0.15, 0.2) is 0 Å². The second-order valence-corrected chi connectivity index (χ2v) is 4.09. The molecule has 0 aromatic carbocycles. The topological polar surface area (TPSA) is 69.1 Å². The molecule has 4 N–H and O–H groups in total. The molecule has 0 aromatic heterocycles. The first kappa shape index (κ1) is 10.5. The second kappa shape index (κ2) is 5.22. The lowest BCUT2D eigenvalue weighted by Gasteiger charge is -2.22. The van der Waals surface area contributed by atoms with Crippen LogP contribution in [0.4, 0.5) is 0 Å². The van der Waals surface area contributed by atoms with Crippen LogP contribution in [-0.4, -0.2) is 11.9 Å². The number of nitrogens with two attached hydrogens (primary N) is 2.